The molecular formula is C24H16EuF6N8. The number of fused-ring (bicyclic) bond motifs is 2. The van der Waals surface area contributed by atoms with Crippen LogP contribution in [0.25, 0.3) is 33.2 Å². The van der Waals surface area contributed by atoms with Gasteiger partial charge in [-0.1, -0.05) is 0 Å². The summed E-state index contributed by atoms with van der Waals surface area (Å²) in [5, 5.41) is 1.34. The van der Waals surface area contributed by atoms with Crippen molar-refractivity contribution in [3.05, 3.63) is 84.4 Å². The van der Waals surface area contributed by atoms with Gasteiger partial charge in [-0.05, 0) is 0 Å². The van der Waals surface area contributed by atoms with E-state index in [0.29, 0.717) is 11.0 Å². The van der Waals surface area contributed by atoms with Crippen LogP contribution < -0.4 is 21.9 Å². The van der Waals surface area contributed by atoms with Crippen LogP contribution >= 0.6 is 0 Å². The van der Waals surface area contributed by atoms with Crippen LogP contribution in [0.5, 0.6) is 0 Å². The summed E-state index contributed by atoms with van der Waals surface area (Å²) in [6.07, 6.45) is -9.86. The van der Waals surface area contributed by atoms with Gasteiger partial charge < -0.3 is 0 Å². The SMILES string of the molecule is FC(F)(F)N1NNC(c2ccc3ccccc3n2)=[C]1[Eu][C]1=C(c2ccc3ccccc3n2)NNN1C(F)(F)F. The van der Waals surface area contributed by atoms with Crippen molar-refractivity contribution in [1.29, 1.82) is 0 Å². The Kier molecular flexibility index (Phi) is 6.66. The van der Waals surface area contributed by atoms with E-state index >= 15 is 0 Å². The Morgan fingerprint density at radius 2 is 0.974 bits per heavy atom. The van der Waals surface area contributed by atoms with E-state index in [2.05, 4.69) is 31.9 Å². The van der Waals surface area contributed by atoms with E-state index in [0.717, 1.165) is 10.8 Å². The summed E-state index contributed by atoms with van der Waals surface area (Å²) in [4.78, 5) is 8.90. The van der Waals surface area contributed by atoms with E-state index in [4.69, 9.17) is 0 Å². The number of hydrogen-bond donors (Lipinski definition) is 4. The van der Waals surface area contributed by atoms with E-state index in [-0.39, 0.29) is 33.0 Å². The average molecular weight is 682 g/mol. The molecule has 2 aromatic heterocycles. The van der Waals surface area contributed by atoms with E-state index in [9.17, 15) is 26.3 Å². The molecule has 0 saturated heterocycles. The van der Waals surface area contributed by atoms with E-state index < -0.39 is 57.2 Å². The zero-order chi connectivity index (χ0) is 27.4. The van der Waals surface area contributed by atoms with Gasteiger partial charge in [0.25, 0.3) is 0 Å². The standard InChI is InChI=1S/2C12H8F3N4.Eu/c2*13-12(14,15)19-7-11(17-18-19)10-6-5-8-3-1-2-4-9(8)16-10;/h2*1-6,17-18H;. The molecule has 39 heavy (non-hydrogen) atoms. The quantitative estimate of drug-likeness (QED) is 0.185. The van der Waals surface area contributed by atoms with Gasteiger partial charge >= 0.3 is 243 Å². The minimum atomic E-state index is -4.93. The number of halogens is 6. The van der Waals surface area contributed by atoms with Gasteiger partial charge in [0, 0.05) is 0 Å². The van der Waals surface area contributed by atoms with E-state index in [1.54, 1.807) is 60.7 Å². The predicted octanol–water partition coefficient (Wildman–Crippen LogP) is 4.51. The number of hydrogen-bond acceptors (Lipinski definition) is 8. The molecule has 4 aromatic rings. The van der Waals surface area contributed by atoms with E-state index in [1.807, 2.05) is 0 Å². The van der Waals surface area contributed by atoms with Crippen molar-refractivity contribution < 1.29 is 71.0 Å². The first kappa shape index (κ1) is 26.3. The first-order valence-corrected chi connectivity index (χ1v) is 13.6. The summed E-state index contributed by atoms with van der Waals surface area (Å²) in [5.74, 6) is 0. The third-order valence-electron chi connectivity index (χ3n) is 5.79. The van der Waals surface area contributed by atoms with Crippen LogP contribution in [0.3, 0.4) is 0 Å². The van der Waals surface area contributed by atoms with Crippen LogP contribution in [-0.4, -0.2) is 32.6 Å². The Labute approximate surface area is 241 Å². The number of nitrogens with zero attached hydrogens (tertiary/aromatic N) is 4. The summed E-state index contributed by atoms with van der Waals surface area (Å²) in [6, 6.07) is 20.5. The third-order valence-corrected chi connectivity index (χ3v) is 9.23. The van der Waals surface area contributed by atoms with Gasteiger partial charge in [-0.25, -0.2) is 0 Å². The van der Waals surface area contributed by atoms with Crippen LogP contribution in [0.15, 0.2) is 73.0 Å². The van der Waals surface area contributed by atoms with Crippen molar-refractivity contribution in [2.45, 2.75) is 12.6 Å². The van der Waals surface area contributed by atoms with Crippen molar-refractivity contribution in [2.24, 2.45) is 0 Å². The zero-order valence-corrected chi connectivity index (χ0v) is 21.8. The van der Waals surface area contributed by atoms with Gasteiger partial charge in [0.2, 0.25) is 0 Å². The Morgan fingerprint density at radius 1 is 0.564 bits per heavy atom. The molecule has 0 unspecified atom stereocenters. The molecule has 2 aromatic carbocycles. The van der Waals surface area contributed by atoms with Gasteiger partial charge in [-0.2, -0.15) is 0 Å². The molecule has 0 fully saturated rings. The monoisotopic (exact) mass is 683 g/mol. The van der Waals surface area contributed by atoms with Crippen LogP contribution in [0.4, 0.5) is 26.3 Å². The molecule has 201 valence electrons. The normalized spacial score (nSPS) is 16.5. The second-order valence-corrected chi connectivity index (χ2v) is 11.2. The zero-order valence-electron chi connectivity index (χ0n) is 19.4. The second kappa shape index (κ2) is 9.89. The first-order valence-electron chi connectivity index (χ1n) is 11.2. The molecule has 0 aliphatic carbocycles. The molecule has 4 N–H and O–H groups in total. The molecule has 8 nitrogen and oxygen atoms in total. The number of alkyl halides is 6. The van der Waals surface area contributed by atoms with Crippen LogP contribution in [-0.2, 0) is 0 Å². The maximum absolute atomic E-state index is 14.1. The number of aromatic nitrogens is 2. The molecule has 0 bridgehead atoms. The van der Waals surface area contributed by atoms with Crippen LogP contribution in [0.2, 0.25) is 0 Å². The van der Waals surface area contributed by atoms with Gasteiger partial charge in [0.15, 0.2) is 0 Å². The Bertz CT molecular complexity index is 1530. The molecule has 0 amide bonds. The van der Waals surface area contributed by atoms with Gasteiger partial charge in [0.05, 0.1) is 0 Å². The maximum atomic E-state index is 14.1. The molecule has 0 radical (unpaired) electrons. The second-order valence-electron chi connectivity index (χ2n) is 8.28. The molecule has 6 rings (SSSR count). The van der Waals surface area contributed by atoms with E-state index in [1.165, 1.54) is 12.1 Å². The molecule has 4 heterocycles. The molecule has 0 atom stereocenters. The molecule has 2 aliphatic heterocycles. The molecule has 0 saturated carbocycles. The number of pyridine rings is 2. The predicted molar refractivity (Wildman–Crippen MR) is 126 cm³/mol. The summed E-state index contributed by atoms with van der Waals surface area (Å²) in [5.41, 5.74) is 10.3. The fraction of sp³-hybridized carbons (Fsp3) is 0.0833. The van der Waals surface area contributed by atoms with Crippen LogP contribution in [0.1, 0.15) is 11.4 Å². The van der Waals surface area contributed by atoms with Gasteiger partial charge in [-0.15, -0.1) is 0 Å². The summed E-state index contributed by atoms with van der Waals surface area (Å²) in [6.45, 7) is 0. The Balaban J connectivity index is 1.51. The number of nitrogens with one attached hydrogen (secondary N) is 4. The van der Waals surface area contributed by atoms with Crippen molar-refractivity contribution in [3.63, 3.8) is 0 Å². The fourth-order valence-corrected chi connectivity index (χ4v) is 7.51. The average Bonchev–Trinajstić information content (AvgIpc) is 3.53. The molecular weight excluding hydrogens is 666 g/mol. The summed E-state index contributed by atoms with van der Waals surface area (Å²) >= 11 is -2.71. The van der Waals surface area contributed by atoms with Crippen molar-refractivity contribution in [1.82, 2.24) is 41.9 Å². The fourth-order valence-electron chi connectivity index (χ4n) is 4.01. The number of hydrazine groups is 4. The van der Waals surface area contributed by atoms with Crippen molar-refractivity contribution >= 4 is 33.2 Å². The van der Waals surface area contributed by atoms with Crippen molar-refractivity contribution in [2.75, 3.05) is 0 Å². The van der Waals surface area contributed by atoms with Gasteiger partial charge in [-0.3, -0.25) is 0 Å². The topological polar surface area (TPSA) is 80.4 Å². The third kappa shape index (κ3) is 5.04. The molecule has 0 spiro atoms. The Morgan fingerprint density at radius 3 is 1.38 bits per heavy atom. The number of rotatable bonds is 4. The first-order chi connectivity index (χ1) is 18.6. The molecule has 2 aliphatic rings. The molecule has 15 heteroatoms. The van der Waals surface area contributed by atoms with Gasteiger partial charge in [0.1, 0.15) is 0 Å². The Hall–Kier alpha value is -2.98. The van der Waals surface area contributed by atoms with Crippen LogP contribution in [0, 0.1) is 44.6 Å². The summed E-state index contributed by atoms with van der Waals surface area (Å²) < 4.78 is 83.6. The number of para-hydroxylation sites is 2. The number of benzene rings is 2. The minimum absolute atomic E-state index is 0.0521. The van der Waals surface area contributed by atoms with Crippen molar-refractivity contribution in [3.8, 4) is 0 Å². The summed E-state index contributed by atoms with van der Waals surface area (Å²) in [7, 11) is 0.